The van der Waals surface area contributed by atoms with Crippen LogP contribution in [-0.2, 0) is 32.6 Å². The molecule has 0 bridgehead atoms. The lowest BCUT2D eigenvalue weighted by Gasteiger charge is -2.35. The van der Waals surface area contributed by atoms with Gasteiger partial charge in [-0.1, -0.05) is 87.7 Å². The summed E-state index contributed by atoms with van der Waals surface area (Å²) in [5, 5.41) is 3.23. The number of hydrogen-bond acceptors (Lipinski definition) is 5. The lowest BCUT2D eigenvalue weighted by atomic mass is 9.94. The van der Waals surface area contributed by atoms with Crippen LogP contribution < -0.4 is 14.4 Å². The summed E-state index contributed by atoms with van der Waals surface area (Å²) in [5.74, 6) is 0.205. The summed E-state index contributed by atoms with van der Waals surface area (Å²) in [5.41, 5.74) is 3.14. The van der Waals surface area contributed by atoms with Gasteiger partial charge in [0.05, 0.1) is 19.1 Å². The molecule has 3 aromatic carbocycles. The largest absolute Gasteiger partial charge is 0.497 e. The van der Waals surface area contributed by atoms with E-state index >= 15 is 0 Å². The van der Waals surface area contributed by atoms with E-state index in [2.05, 4.69) is 19.2 Å². The first-order valence-electron chi connectivity index (χ1n) is 15.4. The number of carbonyl (C=O) groups excluding carboxylic acids is 2. The van der Waals surface area contributed by atoms with Gasteiger partial charge in [-0.2, -0.15) is 0 Å². The molecule has 0 saturated heterocycles. The molecule has 0 heterocycles. The molecular formula is C35H45N3O5S. The first-order chi connectivity index (χ1) is 21.0. The van der Waals surface area contributed by atoms with Crippen molar-refractivity contribution in [2.45, 2.75) is 76.9 Å². The maximum Gasteiger partial charge on any atom is 0.244 e. The number of nitrogens with one attached hydrogen (secondary N) is 1. The topological polar surface area (TPSA) is 96.0 Å². The van der Waals surface area contributed by atoms with E-state index in [4.69, 9.17) is 4.74 Å². The summed E-state index contributed by atoms with van der Waals surface area (Å²) < 4.78 is 32.7. The molecule has 4 rings (SSSR count). The van der Waals surface area contributed by atoms with E-state index in [1.54, 1.807) is 19.2 Å². The number of methoxy groups -OCH3 is 1. The molecule has 236 valence electrons. The normalized spacial score (nSPS) is 14.6. The number of anilines is 1. The van der Waals surface area contributed by atoms with Crippen LogP contribution >= 0.6 is 0 Å². The average Bonchev–Trinajstić information content (AvgIpc) is 3.02. The third-order valence-corrected chi connectivity index (χ3v) is 9.38. The smallest absolute Gasteiger partial charge is 0.244 e. The van der Waals surface area contributed by atoms with Crippen LogP contribution in [0.3, 0.4) is 0 Å². The van der Waals surface area contributed by atoms with Crippen molar-refractivity contribution in [2.75, 3.05) is 24.2 Å². The number of amides is 2. The molecule has 1 atom stereocenters. The summed E-state index contributed by atoms with van der Waals surface area (Å²) in [4.78, 5) is 29.9. The monoisotopic (exact) mass is 619 g/mol. The zero-order valence-electron chi connectivity index (χ0n) is 26.2. The second kappa shape index (κ2) is 15.2. The third-order valence-electron chi connectivity index (χ3n) is 8.24. The van der Waals surface area contributed by atoms with Gasteiger partial charge in [-0.25, -0.2) is 8.42 Å². The minimum atomic E-state index is -3.83. The zero-order valence-corrected chi connectivity index (χ0v) is 27.1. The van der Waals surface area contributed by atoms with Crippen LogP contribution in [0.4, 0.5) is 5.69 Å². The molecule has 1 fully saturated rings. The van der Waals surface area contributed by atoms with Crippen LogP contribution in [0.5, 0.6) is 5.75 Å². The number of sulfonamides is 1. The van der Waals surface area contributed by atoms with Crippen molar-refractivity contribution in [3.05, 3.63) is 95.6 Å². The Labute approximate surface area is 262 Å². The molecule has 1 saturated carbocycles. The van der Waals surface area contributed by atoms with Crippen molar-refractivity contribution in [2.24, 2.45) is 0 Å². The second-order valence-electron chi connectivity index (χ2n) is 11.9. The summed E-state index contributed by atoms with van der Waals surface area (Å²) in [6.07, 6.45) is 6.46. The van der Waals surface area contributed by atoms with Gasteiger partial charge in [0, 0.05) is 19.0 Å². The Morgan fingerprint density at radius 3 is 2.18 bits per heavy atom. The summed E-state index contributed by atoms with van der Waals surface area (Å²) in [7, 11) is -2.25. The van der Waals surface area contributed by atoms with Crippen LogP contribution in [0.1, 0.15) is 68.6 Å². The number of ether oxygens (including phenoxy) is 1. The SMILES string of the molecule is COc1cccc(CN(C(=O)CN(c2ccc(C(C)C)cc2)S(C)(=O)=O)[C@H](Cc2ccccc2)C(=O)NC2CCCCC2)c1. The van der Waals surface area contributed by atoms with Gasteiger partial charge in [-0.3, -0.25) is 13.9 Å². The summed E-state index contributed by atoms with van der Waals surface area (Å²) in [6.45, 7) is 3.80. The van der Waals surface area contributed by atoms with Gasteiger partial charge in [0.25, 0.3) is 0 Å². The molecule has 8 nitrogen and oxygen atoms in total. The Morgan fingerprint density at radius 1 is 0.909 bits per heavy atom. The lowest BCUT2D eigenvalue weighted by molar-refractivity contribution is -0.140. The number of benzene rings is 3. The van der Waals surface area contributed by atoms with E-state index in [-0.39, 0.29) is 30.8 Å². The predicted octanol–water partition coefficient (Wildman–Crippen LogP) is 5.67. The summed E-state index contributed by atoms with van der Waals surface area (Å²) in [6, 6.07) is 23.4. The molecule has 44 heavy (non-hydrogen) atoms. The fourth-order valence-electron chi connectivity index (χ4n) is 5.70. The van der Waals surface area contributed by atoms with Gasteiger partial charge < -0.3 is 15.0 Å². The Kier molecular flexibility index (Phi) is 11.4. The van der Waals surface area contributed by atoms with E-state index in [0.29, 0.717) is 11.4 Å². The van der Waals surface area contributed by atoms with Gasteiger partial charge in [-0.15, -0.1) is 0 Å². The van der Waals surface area contributed by atoms with Crippen molar-refractivity contribution >= 4 is 27.5 Å². The maximum absolute atomic E-state index is 14.3. The van der Waals surface area contributed by atoms with E-state index in [1.807, 2.05) is 66.7 Å². The van der Waals surface area contributed by atoms with Gasteiger partial charge in [0.2, 0.25) is 21.8 Å². The Balaban J connectivity index is 1.72. The molecule has 0 unspecified atom stereocenters. The molecule has 1 N–H and O–H groups in total. The first-order valence-corrected chi connectivity index (χ1v) is 17.2. The third kappa shape index (κ3) is 9.08. The fraction of sp³-hybridized carbons (Fsp3) is 0.429. The van der Waals surface area contributed by atoms with E-state index in [9.17, 15) is 18.0 Å². The minimum absolute atomic E-state index is 0.0512. The number of hydrogen-bond donors (Lipinski definition) is 1. The van der Waals surface area contributed by atoms with E-state index < -0.39 is 28.5 Å². The summed E-state index contributed by atoms with van der Waals surface area (Å²) >= 11 is 0. The number of rotatable bonds is 13. The van der Waals surface area contributed by atoms with Crippen LogP contribution in [-0.4, -0.2) is 57.1 Å². The molecular weight excluding hydrogens is 574 g/mol. The molecule has 9 heteroatoms. The van der Waals surface area contributed by atoms with Crippen molar-refractivity contribution < 1.29 is 22.7 Å². The van der Waals surface area contributed by atoms with Gasteiger partial charge in [-0.05, 0) is 59.7 Å². The van der Waals surface area contributed by atoms with Crippen LogP contribution in [0, 0.1) is 0 Å². The molecule has 1 aliphatic rings. The fourth-order valence-corrected chi connectivity index (χ4v) is 6.55. The van der Waals surface area contributed by atoms with E-state index in [1.165, 1.54) is 4.90 Å². The van der Waals surface area contributed by atoms with Gasteiger partial charge >= 0.3 is 0 Å². The quantitative estimate of drug-likeness (QED) is 0.266. The molecule has 0 aliphatic heterocycles. The first kappa shape index (κ1) is 33.1. The minimum Gasteiger partial charge on any atom is -0.497 e. The van der Waals surface area contributed by atoms with Gasteiger partial charge in [0.15, 0.2) is 0 Å². The number of nitrogens with zero attached hydrogens (tertiary/aromatic N) is 2. The Hall–Kier alpha value is -3.85. The second-order valence-corrected chi connectivity index (χ2v) is 13.8. The molecule has 2 amide bonds. The standard InChI is InChI=1S/C35H45N3O5S/c1-26(2)29-18-20-31(21-19-29)38(44(4,41)42)25-34(39)37(24-28-14-11-17-32(22-28)43-3)33(23-27-12-7-5-8-13-27)35(40)36-30-15-9-6-10-16-30/h5,7-8,11-14,17-22,26,30,33H,6,9-10,15-16,23-25H2,1-4H3,(H,36,40)/t33-/m1/s1. The van der Waals surface area contributed by atoms with Crippen molar-refractivity contribution in [1.82, 2.24) is 10.2 Å². The lowest BCUT2D eigenvalue weighted by Crippen LogP contribution is -2.55. The van der Waals surface area contributed by atoms with E-state index in [0.717, 1.165) is 59.4 Å². The zero-order chi connectivity index (χ0) is 31.7. The molecule has 1 aliphatic carbocycles. The molecule has 0 spiro atoms. The average molecular weight is 620 g/mol. The maximum atomic E-state index is 14.3. The highest BCUT2D eigenvalue weighted by Gasteiger charge is 2.34. The van der Waals surface area contributed by atoms with Crippen molar-refractivity contribution in [3.8, 4) is 5.75 Å². The molecule has 0 radical (unpaired) electrons. The molecule has 3 aromatic rings. The van der Waals surface area contributed by atoms with Crippen LogP contribution in [0.15, 0.2) is 78.9 Å². The number of carbonyl (C=O) groups is 2. The molecule has 0 aromatic heterocycles. The van der Waals surface area contributed by atoms with Gasteiger partial charge in [0.1, 0.15) is 18.3 Å². The predicted molar refractivity (Wildman–Crippen MR) is 175 cm³/mol. The Morgan fingerprint density at radius 2 is 1.57 bits per heavy atom. The van der Waals surface area contributed by atoms with Crippen LogP contribution in [0.25, 0.3) is 0 Å². The van der Waals surface area contributed by atoms with Crippen LogP contribution in [0.2, 0.25) is 0 Å². The highest BCUT2D eigenvalue weighted by Crippen LogP contribution is 2.25. The van der Waals surface area contributed by atoms with Crippen molar-refractivity contribution in [1.29, 1.82) is 0 Å². The Bertz CT molecular complexity index is 1490. The highest BCUT2D eigenvalue weighted by molar-refractivity contribution is 7.92. The van der Waals surface area contributed by atoms with Crippen molar-refractivity contribution in [3.63, 3.8) is 0 Å². The highest BCUT2D eigenvalue weighted by atomic mass is 32.2.